The van der Waals surface area contributed by atoms with Gasteiger partial charge in [0, 0.05) is 5.56 Å². The molecule has 0 aromatic heterocycles. The van der Waals surface area contributed by atoms with Crippen LogP contribution in [0.5, 0.6) is 11.5 Å². The maximum atomic E-state index is 12.1. The molecule has 2 amide bonds. The fourth-order valence-electron chi connectivity index (χ4n) is 2.72. The van der Waals surface area contributed by atoms with Crippen molar-refractivity contribution in [1.82, 2.24) is 10.7 Å². The van der Waals surface area contributed by atoms with E-state index in [4.69, 9.17) is 9.47 Å². The Balaban J connectivity index is 1.40. The van der Waals surface area contributed by atoms with Crippen LogP contribution in [0.15, 0.2) is 77.9 Å². The zero-order valence-electron chi connectivity index (χ0n) is 18.0. The molecule has 3 aromatic rings. The lowest BCUT2D eigenvalue weighted by molar-refractivity contribution is -0.120. The first-order valence-electron chi connectivity index (χ1n) is 10.1. The highest BCUT2D eigenvalue weighted by Gasteiger charge is 2.07. The van der Waals surface area contributed by atoms with E-state index < -0.39 is 5.91 Å². The van der Waals surface area contributed by atoms with E-state index in [1.807, 2.05) is 43.3 Å². The second kappa shape index (κ2) is 11.3. The number of methoxy groups -OCH3 is 1. The van der Waals surface area contributed by atoms with Crippen molar-refractivity contribution in [2.24, 2.45) is 5.10 Å². The van der Waals surface area contributed by atoms with Crippen molar-refractivity contribution in [3.05, 3.63) is 95.1 Å². The Bertz CT molecular complexity index is 1060. The highest BCUT2D eigenvalue weighted by Crippen LogP contribution is 2.14. The van der Waals surface area contributed by atoms with Gasteiger partial charge in [-0.05, 0) is 66.6 Å². The monoisotopic (exact) mass is 431 g/mol. The van der Waals surface area contributed by atoms with E-state index in [-0.39, 0.29) is 12.5 Å². The lowest BCUT2D eigenvalue weighted by atomic mass is 10.2. The average Bonchev–Trinajstić information content (AvgIpc) is 2.83. The average molecular weight is 431 g/mol. The number of hydrogen-bond acceptors (Lipinski definition) is 5. The molecular weight excluding hydrogens is 406 g/mol. The molecule has 3 rings (SSSR count). The summed E-state index contributed by atoms with van der Waals surface area (Å²) in [5, 5.41) is 6.45. The molecule has 2 N–H and O–H groups in total. The first kappa shape index (κ1) is 22.6. The fraction of sp³-hybridized carbons (Fsp3) is 0.160. The number of amides is 2. The number of rotatable bonds is 9. The molecule has 0 unspecified atom stereocenters. The van der Waals surface area contributed by atoms with Crippen LogP contribution in [-0.4, -0.2) is 31.7 Å². The lowest BCUT2D eigenvalue weighted by Gasteiger charge is -2.07. The fourth-order valence-corrected chi connectivity index (χ4v) is 2.72. The van der Waals surface area contributed by atoms with Crippen LogP contribution >= 0.6 is 0 Å². The predicted molar refractivity (Wildman–Crippen MR) is 123 cm³/mol. The lowest BCUT2D eigenvalue weighted by Crippen LogP contribution is -2.34. The van der Waals surface area contributed by atoms with E-state index in [1.54, 1.807) is 31.4 Å². The van der Waals surface area contributed by atoms with Crippen molar-refractivity contribution in [3.8, 4) is 11.5 Å². The number of hydrogen-bond donors (Lipinski definition) is 2. The Labute approximate surface area is 187 Å². The highest BCUT2D eigenvalue weighted by atomic mass is 16.5. The van der Waals surface area contributed by atoms with Gasteiger partial charge in [-0.15, -0.1) is 0 Å². The molecule has 0 fully saturated rings. The number of aryl methyl sites for hydroxylation is 1. The molecule has 0 aliphatic carbocycles. The molecule has 0 aliphatic heterocycles. The maximum Gasteiger partial charge on any atom is 0.259 e. The predicted octanol–water partition coefficient (Wildman–Crippen LogP) is 3.46. The summed E-state index contributed by atoms with van der Waals surface area (Å²) in [6, 6.07) is 22.1. The van der Waals surface area contributed by atoms with Crippen LogP contribution in [0.4, 0.5) is 0 Å². The number of nitrogens with one attached hydrogen (secondary N) is 2. The van der Waals surface area contributed by atoms with Gasteiger partial charge in [0.15, 0.2) is 0 Å². The third-order valence-corrected chi connectivity index (χ3v) is 4.57. The van der Waals surface area contributed by atoms with Crippen molar-refractivity contribution in [1.29, 1.82) is 0 Å². The smallest absolute Gasteiger partial charge is 0.259 e. The molecule has 0 aliphatic rings. The molecule has 7 heteroatoms. The van der Waals surface area contributed by atoms with E-state index in [1.165, 1.54) is 11.8 Å². The quantitative estimate of drug-likeness (QED) is 0.401. The molecular formula is C25H25N3O4. The van der Waals surface area contributed by atoms with Gasteiger partial charge < -0.3 is 14.8 Å². The third-order valence-electron chi connectivity index (χ3n) is 4.57. The third kappa shape index (κ3) is 6.98. The summed E-state index contributed by atoms with van der Waals surface area (Å²) in [7, 11) is 1.55. The van der Waals surface area contributed by atoms with E-state index in [0.717, 1.165) is 16.9 Å². The standard InChI is InChI=1S/C25H25N3O4/c1-18-3-5-20(6-4-18)17-32-23-11-7-19(8-12-23)15-27-28-24(29)16-26-25(30)21-9-13-22(31-2)14-10-21/h3-15H,16-17H2,1-2H3,(H,26,30)(H,28,29)/b27-15-. The van der Waals surface area contributed by atoms with Gasteiger partial charge in [-0.1, -0.05) is 29.8 Å². The molecule has 0 saturated carbocycles. The van der Waals surface area contributed by atoms with Gasteiger partial charge in [-0.25, -0.2) is 5.43 Å². The van der Waals surface area contributed by atoms with Crippen LogP contribution in [0.3, 0.4) is 0 Å². The summed E-state index contributed by atoms with van der Waals surface area (Å²) in [6.45, 7) is 2.35. The van der Waals surface area contributed by atoms with Gasteiger partial charge in [0.05, 0.1) is 19.9 Å². The molecule has 32 heavy (non-hydrogen) atoms. The van der Waals surface area contributed by atoms with Crippen LogP contribution in [0.25, 0.3) is 0 Å². The minimum absolute atomic E-state index is 0.187. The highest BCUT2D eigenvalue weighted by molar-refractivity contribution is 5.96. The Morgan fingerprint density at radius 1 is 0.906 bits per heavy atom. The van der Waals surface area contributed by atoms with Gasteiger partial charge >= 0.3 is 0 Å². The number of carbonyl (C=O) groups is 2. The molecule has 0 radical (unpaired) electrons. The number of hydrazone groups is 1. The molecule has 7 nitrogen and oxygen atoms in total. The summed E-state index contributed by atoms with van der Waals surface area (Å²) in [5.41, 5.74) is 5.94. The molecule has 0 saturated heterocycles. The molecule has 3 aromatic carbocycles. The summed E-state index contributed by atoms with van der Waals surface area (Å²) in [5.74, 6) is 0.613. The zero-order chi connectivity index (χ0) is 22.8. The second-order valence-electron chi connectivity index (χ2n) is 7.05. The van der Waals surface area contributed by atoms with Gasteiger partial charge in [0.1, 0.15) is 18.1 Å². The molecule has 0 heterocycles. The summed E-state index contributed by atoms with van der Waals surface area (Å²) < 4.78 is 10.8. The number of carbonyl (C=O) groups excluding carboxylic acids is 2. The first-order valence-corrected chi connectivity index (χ1v) is 10.1. The van der Waals surface area contributed by atoms with Crippen molar-refractivity contribution < 1.29 is 19.1 Å². The van der Waals surface area contributed by atoms with Gasteiger partial charge in [0.25, 0.3) is 11.8 Å². The van der Waals surface area contributed by atoms with Crippen molar-refractivity contribution in [2.75, 3.05) is 13.7 Å². The van der Waals surface area contributed by atoms with Crippen molar-refractivity contribution >= 4 is 18.0 Å². The topological polar surface area (TPSA) is 89.0 Å². The van der Waals surface area contributed by atoms with Gasteiger partial charge in [-0.3, -0.25) is 9.59 Å². The molecule has 0 atom stereocenters. The SMILES string of the molecule is COc1ccc(C(=O)NCC(=O)N/N=C\c2ccc(OCc3ccc(C)cc3)cc2)cc1. The number of ether oxygens (including phenoxy) is 2. The van der Waals surface area contributed by atoms with Crippen molar-refractivity contribution in [2.45, 2.75) is 13.5 Å². The Morgan fingerprint density at radius 3 is 2.22 bits per heavy atom. The zero-order valence-corrected chi connectivity index (χ0v) is 18.0. The van der Waals surface area contributed by atoms with Crippen LogP contribution in [-0.2, 0) is 11.4 Å². The van der Waals surface area contributed by atoms with E-state index >= 15 is 0 Å². The van der Waals surface area contributed by atoms with Crippen LogP contribution < -0.4 is 20.2 Å². The Hall–Kier alpha value is -4.13. The number of benzene rings is 3. The molecule has 0 bridgehead atoms. The Kier molecular flexibility index (Phi) is 7.97. The van der Waals surface area contributed by atoms with E-state index in [0.29, 0.717) is 17.9 Å². The minimum atomic E-state index is -0.429. The van der Waals surface area contributed by atoms with Crippen LogP contribution in [0.1, 0.15) is 27.0 Å². The van der Waals surface area contributed by atoms with Crippen LogP contribution in [0.2, 0.25) is 0 Å². The summed E-state index contributed by atoms with van der Waals surface area (Å²) in [6.07, 6.45) is 1.52. The summed E-state index contributed by atoms with van der Waals surface area (Å²) >= 11 is 0. The second-order valence-corrected chi connectivity index (χ2v) is 7.05. The molecule has 164 valence electrons. The van der Waals surface area contributed by atoms with Gasteiger partial charge in [-0.2, -0.15) is 5.10 Å². The first-order chi connectivity index (χ1) is 15.5. The maximum absolute atomic E-state index is 12.1. The largest absolute Gasteiger partial charge is 0.497 e. The van der Waals surface area contributed by atoms with E-state index in [9.17, 15) is 9.59 Å². The van der Waals surface area contributed by atoms with Gasteiger partial charge in [0.2, 0.25) is 0 Å². The molecule has 0 spiro atoms. The normalized spacial score (nSPS) is 10.6. The minimum Gasteiger partial charge on any atom is -0.497 e. The summed E-state index contributed by atoms with van der Waals surface area (Å²) in [4.78, 5) is 23.9. The van der Waals surface area contributed by atoms with E-state index in [2.05, 4.69) is 28.0 Å². The Morgan fingerprint density at radius 2 is 1.56 bits per heavy atom. The van der Waals surface area contributed by atoms with Crippen molar-refractivity contribution in [3.63, 3.8) is 0 Å². The van der Waals surface area contributed by atoms with Crippen LogP contribution in [0, 0.1) is 6.92 Å². The number of nitrogens with zero attached hydrogens (tertiary/aromatic N) is 1.